The van der Waals surface area contributed by atoms with Crippen LogP contribution in [0, 0.1) is 5.41 Å². The molecule has 3 heteroatoms. The molecule has 0 saturated carbocycles. The van der Waals surface area contributed by atoms with Crippen molar-refractivity contribution >= 4 is 17.4 Å². The van der Waals surface area contributed by atoms with Crippen LogP contribution >= 0.6 is 0 Å². The highest BCUT2D eigenvalue weighted by atomic mass is 16.2. The van der Waals surface area contributed by atoms with Crippen molar-refractivity contribution in [1.82, 2.24) is 0 Å². The number of carbonyl (C=O) groups is 2. The topological polar surface area (TPSA) is 37.4 Å². The van der Waals surface area contributed by atoms with Crippen LogP contribution in [0.15, 0.2) is 24.3 Å². The van der Waals surface area contributed by atoms with E-state index in [1.165, 1.54) is 0 Å². The Morgan fingerprint density at radius 1 is 1.11 bits per heavy atom. The maximum atomic E-state index is 11.9. The molecule has 0 aliphatic carbocycles. The summed E-state index contributed by atoms with van der Waals surface area (Å²) in [5.74, 6) is -0.758. The Morgan fingerprint density at radius 3 is 2.44 bits per heavy atom. The maximum Gasteiger partial charge on any atom is 0.299 e. The number of carbonyl (C=O) groups excluding carboxylic acids is 2. The molecule has 1 amide bonds. The Hall–Kier alpha value is -1.64. The molecule has 1 heterocycles. The number of hydrogen-bond acceptors (Lipinski definition) is 2. The molecular weight excluding hydrogens is 226 g/mol. The Morgan fingerprint density at radius 2 is 1.78 bits per heavy atom. The molecule has 0 N–H and O–H groups in total. The molecule has 0 aromatic heterocycles. The van der Waals surface area contributed by atoms with Crippen molar-refractivity contribution in [1.29, 1.82) is 0 Å². The van der Waals surface area contributed by atoms with Gasteiger partial charge in [-0.2, -0.15) is 0 Å². The van der Waals surface area contributed by atoms with Gasteiger partial charge in [-0.1, -0.05) is 32.9 Å². The third-order valence-corrected chi connectivity index (χ3v) is 3.19. The largest absolute Gasteiger partial charge is 0.305 e. The smallest absolute Gasteiger partial charge is 0.299 e. The summed E-state index contributed by atoms with van der Waals surface area (Å²) in [5.41, 5.74) is 1.56. The summed E-state index contributed by atoms with van der Waals surface area (Å²) < 4.78 is 0. The SMILES string of the molecule is CC(C)(C)CCCN1C(=O)C(=O)c2ccccc21. The predicted molar refractivity (Wildman–Crippen MR) is 71.8 cm³/mol. The van der Waals surface area contributed by atoms with Crippen LogP contribution in [0.2, 0.25) is 0 Å². The molecule has 1 aliphatic heterocycles. The second kappa shape index (κ2) is 4.56. The molecule has 1 aromatic rings. The molecule has 0 bridgehead atoms. The maximum absolute atomic E-state index is 11.9. The van der Waals surface area contributed by atoms with E-state index in [2.05, 4.69) is 20.8 Å². The van der Waals surface area contributed by atoms with Crippen molar-refractivity contribution < 1.29 is 9.59 Å². The van der Waals surface area contributed by atoms with E-state index in [1.54, 1.807) is 17.0 Å². The molecule has 0 unspecified atom stereocenters. The second-order valence-electron chi connectivity index (χ2n) is 5.97. The van der Waals surface area contributed by atoms with Crippen LogP contribution < -0.4 is 4.90 Å². The van der Waals surface area contributed by atoms with Gasteiger partial charge >= 0.3 is 0 Å². The molecule has 0 saturated heterocycles. The van der Waals surface area contributed by atoms with Crippen LogP contribution in [0.5, 0.6) is 0 Å². The van der Waals surface area contributed by atoms with Crippen molar-refractivity contribution in [3.63, 3.8) is 0 Å². The number of amides is 1. The van der Waals surface area contributed by atoms with E-state index < -0.39 is 0 Å². The summed E-state index contributed by atoms with van der Waals surface area (Å²) >= 11 is 0. The Kier molecular flexibility index (Phi) is 3.24. The quantitative estimate of drug-likeness (QED) is 0.767. The number of ketones is 1. The summed E-state index contributed by atoms with van der Waals surface area (Å²) in [6, 6.07) is 7.22. The predicted octanol–water partition coefficient (Wildman–Crippen LogP) is 3.04. The lowest BCUT2D eigenvalue weighted by Gasteiger charge is -2.21. The van der Waals surface area contributed by atoms with Gasteiger partial charge < -0.3 is 4.90 Å². The first-order chi connectivity index (χ1) is 8.40. The van der Waals surface area contributed by atoms with Crippen LogP contribution in [0.4, 0.5) is 5.69 Å². The zero-order chi connectivity index (χ0) is 13.3. The van der Waals surface area contributed by atoms with Crippen LogP contribution in [0.3, 0.4) is 0 Å². The monoisotopic (exact) mass is 245 g/mol. The summed E-state index contributed by atoms with van der Waals surface area (Å²) in [6.45, 7) is 7.16. The normalized spacial score (nSPS) is 15.2. The van der Waals surface area contributed by atoms with Gasteiger partial charge in [0, 0.05) is 6.54 Å². The van der Waals surface area contributed by atoms with E-state index in [0.717, 1.165) is 18.5 Å². The van der Waals surface area contributed by atoms with Gasteiger partial charge in [0.15, 0.2) is 0 Å². The van der Waals surface area contributed by atoms with Crippen molar-refractivity contribution in [2.75, 3.05) is 11.4 Å². The molecule has 0 fully saturated rings. The van der Waals surface area contributed by atoms with Gasteiger partial charge in [0.25, 0.3) is 11.7 Å². The number of para-hydroxylation sites is 1. The number of rotatable bonds is 3. The van der Waals surface area contributed by atoms with E-state index >= 15 is 0 Å². The molecule has 3 nitrogen and oxygen atoms in total. The fourth-order valence-electron chi connectivity index (χ4n) is 2.24. The number of hydrogen-bond donors (Lipinski definition) is 0. The van der Waals surface area contributed by atoms with E-state index in [-0.39, 0.29) is 17.1 Å². The van der Waals surface area contributed by atoms with Gasteiger partial charge in [0.1, 0.15) is 0 Å². The van der Waals surface area contributed by atoms with Crippen molar-refractivity contribution in [3.05, 3.63) is 29.8 Å². The highest BCUT2D eigenvalue weighted by Gasteiger charge is 2.34. The van der Waals surface area contributed by atoms with Gasteiger partial charge in [-0.3, -0.25) is 9.59 Å². The lowest BCUT2D eigenvalue weighted by Crippen LogP contribution is -2.31. The minimum Gasteiger partial charge on any atom is -0.305 e. The van der Waals surface area contributed by atoms with Crippen LogP contribution in [0.25, 0.3) is 0 Å². The standard InChI is InChI=1S/C15H19NO2/c1-15(2,3)9-6-10-16-12-8-5-4-7-11(12)13(17)14(16)18/h4-5,7-8H,6,9-10H2,1-3H3. The van der Waals surface area contributed by atoms with Gasteiger partial charge in [-0.05, 0) is 30.4 Å². The summed E-state index contributed by atoms with van der Waals surface area (Å²) in [5, 5.41) is 0. The van der Waals surface area contributed by atoms with Crippen molar-refractivity contribution in [2.24, 2.45) is 5.41 Å². The zero-order valence-corrected chi connectivity index (χ0v) is 11.2. The third kappa shape index (κ3) is 2.45. The van der Waals surface area contributed by atoms with E-state index in [4.69, 9.17) is 0 Å². The number of nitrogens with zero attached hydrogens (tertiary/aromatic N) is 1. The fraction of sp³-hybridized carbons (Fsp3) is 0.467. The second-order valence-corrected chi connectivity index (χ2v) is 5.97. The number of Topliss-reactive ketones (excluding diaryl/α,β-unsaturated/α-hetero) is 1. The average molecular weight is 245 g/mol. The van der Waals surface area contributed by atoms with Crippen molar-refractivity contribution in [3.8, 4) is 0 Å². The molecule has 1 aromatic carbocycles. The first-order valence-corrected chi connectivity index (χ1v) is 6.35. The summed E-state index contributed by atoms with van der Waals surface area (Å²) in [6.07, 6.45) is 1.95. The van der Waals surface area contributed by atoms with E-state index in [9.17, 15) is 9.59 Å². The third-order valence-electron chi connectivity index (χ3n) is 3.19. The number of anilines is 1. The molecular formula is C15H19NO2. The number of fused-ring (bicyclic) bond motifs is 1. The fourth-order valence-corrected chi connectivity index (χ4v) is 2.24. The lowest BCUT2D eigenvalue weighted by molar-refractivity contribution is -0.114. The zero-order valence-electron chi connectivity index (χ0n) is 11.2. The molecule has 0 radical (unpaired) electrons. The summed E-state index contributed by atoms with van der Waals surface area (Å²) in [7, 11) is 0. The highest BCUT2D eigenvalue weighted by Crippen LogP contribution is 2.29. The molecule has 0 spiro atoms. The van der Waals surface area contributed by atoms with Crippen LogP contribution in [0.1, 0.15) is 44.0 Å². The minimum absolute atomic E-state index is 0.256. The van der Waals surface area contributed by atoms with Crippen molar-refractivity contribution in [2.45, 2.75) is 33.6 Å². The van der Waals surface area contributed by atoms with E-state index in [0.29, 0.717) is 12.1 Å². The molecule has 18 heavy (non-hydrogen) atoms. The number of benzene rings is 1. The molecule has 0 atom stereocenters. The Bertz CT molecular complexity index is 486. The molecule has 1 aliphatic rings. The van der Waals surface area contributed by atoms with Gasteiger partial charge in [0.2, 0.25) is 0 Å². The lowest BCUT2D eigenvalue weighted by atomic mass is 9.90. The minimum atomic E-state index is -0.384. The van der Waals surface area contributed by atoms with Crippen LogP contribution in [-0.4, -0.2) is 18.2 Å². The van der Waals surface area contributed by atoms with Crippen LogP contribution in [-0.2, 0) is 4.79 Å². The molecule has 2 rings (SSSR count). The van der Waals surface area contributed by atoms with Gasteiger partial charge in [-0.15, -0.1) is 0 Å². The Balaban J connectivity index is 2.10. The summed E-state index contributed by atoms with van der Waals surface area (Å²) in [4.78, 5) is 25.3. The molecule has 96 valence electrons. The Labute approximate surface area is 108 Å². The highest BCUT2D eigenvalue weighted by molar-refractivity contribution is 6.52. The van der Waals surface area contributed by atoms with Gasteiger partial charge in [0.05, 0.1) is 11.3 Å². The first-order valence-electron chi connectivity index (χ1n) is 6.35. The first kappa shape index (κ1) is 12.8. The van der Waals surface area contributed by atoms with E-state index in [1.807, 2.05) is 12.1 Å². The average Bonchev–Trinajstić information content (AvgIpc) is 2.53. The van der Waals surface area contributed by atoms with Gasteiger partial charge in [-0.25, -0.2) is 0 Å².